The second-order valence-electron chi connectivity index (χ2n) is 18.5. The molecule has 4 heterocycles. The molecule has 5 N–H and O–H groups in total. The molecule has 31 heteroatoms. The van der Waals surface area contributed by atoms with Crippen molar-refractivity contribution in [2.24, 2.45) is 0 Å². The molecule has 0 aliphatic heterocycles. The van der Waals surface area contributed by atoms with E-state index in [4.69, 9.17) is 162 Å². The standard InChI is InChI=1S/C17H14Cl2N2O2.C11H9Cl3N2.C11H10Cl2N2O.C10H8Cl2N2.C7H6Cl2O.C6H6O2.CH2O.Cl2OS.ClH/c18-13-6-12(7-14(19)8-13)10-21-5-4-20-17(21)11-23-16-3-1-2-15(22)9-16;12-6-11-15-1-2-16(11)7-8-3-9(13)5-10(14)4-8;12-9-3-8(4-10(13)5-9)6-15-2-1-14-11(15)7-16;11-9-3-8(4-10(12)5-9)6-14-2-1-13-7-14;8-6-1-5(4-10)2-7(9)3-6;7-5-2-1-3-6(8)4-5;1-2;1-4(2)3;/h1-9,22H,10-11H2;1-5H,6-7H2;1-5,16H,6-7H2;1-5,7H,6H2;1-3,10H,4H2;1-4,7-8H;1H2;;1H. The highest BCUT2D eigenvalue weighted by Gasteiger charge is 2.09. The number of aromatic hydroxyl groups is 3. The highest BCUT2D eigenvalue weighted by Crippen LogP contribution is 2.26. The van der Waals surface area contributed by atoms with Crippen LogP contribution in [-0.2, 0) is 65.9 Å². The number of alkyl halides is 1. The van der Waals surface area contributed by atoms with Crippen LogP contribution in [0, 0.1) is 0 Å². The van der Waals surface area contributed by atoms with Crippen molar-refractivity contribution in [3.05, 3.63) is 291 Å². The van der Waals surface area contributed by atoms with E-state index in [-0.39, 0.29) is 42.9 Å². The van der Waals surface area contributed by atoms with Gasteiger partial charge in [-0.15, -0.1) is 24.0 Å². The van der Waals surface area contributed by atoms with Gasteiger partial charge < -0.3 is 53.3 Å². The van der Waals surface area contributed by atoms with E-state index in [0.717, 1.165) is 46.0 Å². The van der Waals surface area contributed by atoms with E-state index in [1.54, 1.807) is 110 Å². The number of nitrogens with zero attached hydrogens (tertiary/aromatic N) is 8. The van der Waals surface area contributed by atoms with Crippen LogP contribution in [0.25, 0.3) is 0 Å². The van der Waals surface area contributed by atoms with E-state index in [1.807, 2.05) is 92.2 Å². The van der Waals surface area contributed by atoms with Gasteiger partial charge in [-0.25, -0.2) is 24.1 Å². The summed E-state index contributed by atoms with van der Waals surface area (Å²) in [6.07, 6.45) is 16.0. The first-order valence-electron chi connectivity index (χ1n) is 26.4. The van der Waals surface area contributed by atoms with Gasteiger partial charge in [-0.3, -0.25) is 0 Å². The number of aliphatic hydroxyl groups excluding tert-OH is 2. The van der Waals surface area contributed by atoms with Gasteiger partial charge in [-0.1, -0.05) is 128 Å². The van der Waals surface area contributed by atoms with E-state index in [1.165, 1.54) is 18.2 Å². The molecule has 94 heavy (non-hydrogen) atoms. The minimum absolute atomic E-state index is 0. The first-order valence-corrected chi connectivity index (χ1v) is 33.5. The van der Waals surface area contributed by atoms with E-state index in [9.17, 15) is 5.11 Å². The van der Waals surface area contributed by atoms with Crippen LogP contribution in [-0.4, -0.2) is 74.7 Å². The summed E-state index contributed by atoms with van der Waals surface area (Å²) in [5.41, 5.74) is 4.80. The molecule has 0 saturated carbocycles. The number of aliphatic hydroxyl groups is 2. The number of benzene rings is 7. The molecule has 0 unspecified atom stereocenters. The second-order valence-corrected chi connectivity index (χ2v) is 25.6. The number of ether oxygens (including phenoxy) is 1. The van der Waals surface area contributed by atoms with Crippen LogP contribution in [0.1, 0.15) is 45.3 Å². The van der Waals surface area contributed by atoms with Crippen LogP contribution < -0.4 is 4.74 Å². The fraction of sp³-hybridized carbons (Fsp3) is 0.127. The summed E-state index contributed by atoms with van der Waals surface area (Å²) in [6.45, 7) is 4.78. The summed E-state index contributed by atoms with van der Waals surface area (Å²) in [6, 6.07) is 39.3. The quantitative estimate of drug-likeness (QED) is 0.0508. The van der Waals surface area contributed by atoms with Gasteiger partial charge in [0.15, 0.2) is 0 Å². The summed E-state index contributed by atoms with van der Waals surface area (Å²) in [7, 11) is 7.36. The van der Waals surface area contributed by atoms with Crippen LogP contribution >= 0.6 is 161 Å². The van der Waals surface area contributed by atoms with Crippen molar-refractivity contribution in [2.75, 3.05) is 0 Å². The van der Waals surface area contributed by atoms with Crippen LogP contribution in [0.15, 0.2) is 195 Å². The zero-order valence-electron chi connectivity index (χ0n) is 48.6. The summed E-state index contributed by atoms with van der Waals surface area (Å²) in [5, 5.41) is 50.6. The molecule has 11 rings (SSSR count). The minimum Gasteiger partial charge on any atom is -0.508 e. The lowest BCUT2D eigenvalue weighted by Crippen LogP contribution is -2.07. The van der Waals surface area contributed by atoms with Gasteiger partial charge in [0.05, 0.1) is 18.8 Å². The highest BCUT2D eigenvalue weighted by atomic mass is 36.0. The minimum atomic E-state index is -1.67. The second kappa shape index (κ2) is 45.0. The van der Waals surface area contributed by atoms with Crippen molar-refractivity contribution in [2.45, 2.75) is 51.9 Å². The van der Waals surface area contributed by atoms with Crippen LogP contribution in [0.3, 0.4) is 0 Å². The molecule has 0 aliphatic carbocycles. The number of rotatable bonds is 14. The number of phenols is 3. The smallest absolute Gasteiger partial charge is 0.211 e. The van der Waals surface area contributed by atoms with E-state index in [0.29, 0.717) is 93.9 Å². The van der Waals surface area contributed by atoms with Crippen LogP contribution in [0.4, 0.5) is 0 Å². The molecule has 0 amide bonds. The van der Waals surface area contributed by atoms with Crippen molar-refractivity contribution < 1.29 is 39.3 Å². The first kappa shape index (κ1) is 82.6. The molecule has 11 aromatic rings. The molecular formula is C63H56Cl14N8O8S. The molecule has 0 spiro atoms. The largest absolute Gasteiger partial charge is 0.508 e. The van der Waals surface area contributed by atoms with Gasteiger partial charge in [-0.2, -0.15) is 0 Å². The third-order valence-corrected chi connectivity index (χ3v) is 13.9. The molecule has 0 saturated heterocycles. The zero-order valence-corrected chi connectivity index (χ0v) is 60.1. The Morgan fingerprint density at radius 2 is 0.755 bits per heavy atom. The molecule has 7 aromatic carbocycles. The van der Waals surface area contributed by atoms with Crippen molar-refractivity contribution in [1.29, 1.82) is 0 Å². The van der Waals surface area contributed by atoms with Crippen molar-refractivity contribution in [3.63, 3.8) is 0 Å². The number of carbonyl (C=O) groups excluding carboxylic acids is 1. The molecule has 4 aromatic heterocycles. The maximum atomic E-state index is 9.45. The Bertz CT molecular complexity index is 3840. The third kappa shape index (κ3) is 32.9. The highest BCUT2D eigenvalue weighted by molar-refractivity contribution is 8.26. The summed E-state index contributed by atoms with van der Waals surface area (Å²) in [4.78, 5) is 24.4. The number of aromatic nitrogens is 8. The van der Waals surface area contributed by atoms with Gasteiger partial charge in [0.2, 0.25) is 9.23 Å². The van der Waals surface area contributed by atoms with E-state index in [2.05, 4.69) is 41.3 Å². The fourth-order valence-electron chi connectivity index (χ4n) is 7.78. The monoisotopic (exact) mass is 1570 g/mol. The number of hydrogen-bond donors (Lipinski definition) is 5. The normalized spacial score (nSPS) is 10.0. The van der Waals surface area contributed by atoms with Crippen molar-refractivity contribution >= 4 is 177 Å². The van der Waals surface area contributed by atoms with Crippen molar-refractivity contribution in [3.8, 4) is 23.0 Å². The number of halogens is 14. The molecule has 0 bridgehead atoms. The number of phenolic OH excluding ortho intramolecular Hbond substituents is 3. The summed E-state index contributed by atoms with van der Waals surface area (Å²) in [5.74, 6) is 3.54. The van der Waals surface area contributed by atoms with Gasteiger partial charge in [0, 0.05) is 159 Å². The topological polar surface area (TPSA) is 216 Å². The Morgan fingerprint density at radius 3 is 1.09 bits per heavy atom. The summed E-state index contributed by atoms with van der Waals surface area (Å²) < 4.78 is 22.5. The number of imidazole rings is 4. The van der Waals surface area contributed by atoms with Gasteiger partial charge in [0.25, 0.3) is 0 Å². The molecule has 0 aliphatic rings. The van der Waals surface area contributed by atoms with Crippen molar-refractivity contribution in [1.82, 2.24) is 38.2 Å². The molecule has 500 valence electrons. The summed E-state index contributed by atoms with van der Waals surface area (Å²) >= 11 is 64.5. The lowest BCUT2D eigenvalue weighted by Gasteiger charge is -2.10. The van der Waals surface area contributed by atoms with Gasteiger partial charge in [0.1, 0.15) is 60.5 Å². The molecule has 16 nitrogen and oxygen atoms in total. The average molecular weight is 1580 g/mol. The molecular weight excluding hydrogens is 1530 g/mol. The first-order chi connectivity index (χ1) is 44.4. The maximum Gasteiger partial charge on any atom is 0.211 e. The molecule has 0 radical (unpaired) electrons. The maximum absolute atomic E-state index is 9.45. The Balaban J connectivity index is 0.000000296. The fourth-order valence-corrected chi connectivity index (χ4v) is 10.9. The third-order valence-electron chi connectivity index (χ3n) is 11.5. The van der Waals surface area contributed by atoms with Gasteiger partial charge in [-0.05, 0) is 143 Å². The van der Waals surface area contributed by atoms with E-state index < -0.39 is 9.23 Å². The zero-order chi connectivity index (χ0) is 68.4. The van der Waals surface area contributed by atoms with Crippen LogP contribution in [0.2, 0.25) is 50.2 Å². The molecule has 0 atom stereocenters. The van der Waals surface area contributed by atoms with E-state index >= 15 is 0 Å². The SMILES string of the molecule is C=O.Cl.ClCc1nccn1Cc1cc(Cl)cc(Cl)c1.Clc1cc(Cl)cc(Cn2ccnc2)c1.O=S(Cl)Cl.OCc1cc(Cl)cc(Cl)c1.OCc1nccn1Cc1cc(Cl)cc(Cl)c1.Oc1cccc(O)c1.Oc1cccc(OCc2nccn2Cc2cc(Cl)cc(Cl)c2)c1. The Morgan fingerprint density at radius 1 is 0.426 bits per heavy atom. The predicted molar refractivity (Wildman–Crippen MR) is 385 cm³/mol. The Kier molecular flexibility index (Phi) is 39.5. The predicted octanol–water partition coefficient (Wildman–Crippen LogP) is 19.3. The lowest BCUT2D eigenvalue weighted by atomic mass is 10.2. The average Bonchev–Trinajstić information content (AvgIpc) is 1.86. The number of hydrogen-bond acceptors (Lipinski definition) is 12. The number of carbonyl (C=O) groups is 1. The Labute approximate surface area is 615 Å². The van der Waals surface area contributed by atoms with Gasteiger partial charge >= 0.3 is 0 Å². The lowest BCUT2D eigenvalue weighted by molar-refractivity contribution is -0.0980. The Hall–Kier alpha value is -5.62. The molecule has 0 fully saturated rings. The van der Waals surface area contributed by atoms with Crippen LogP contribution in [0.5, 0.6) is 23.0 Å².